The van der Waals surface area contributed by atoms with Crippen LogP contribution in [0.2, 0.25) is 0 Å². The maximum atomic E-state index is 12.3. The van der Waals surface area contributed by atoms with Crippen LogP contribution in [0.3, 0.4) is 0 Å². The smallest absolute Gasteiger partial charge is 0.227 e. The number of fused-ring (bicyclic) bond motifs is 1. The number of aryl methyl sites for hydroxylation is 3. The molecule has 2 aliphatic rings. The molecular formula is C19H23N3O2S. The van der Waals surface area contributed by atoms with Crippen LogP contribution in [0, 0.1) is 6.92 Å². The minimum atomic E-state index is -0.0164. The molecule has 2 heterocycles. The number of carbonyl (C=O) groups is 1. The van der Waals surface area contributed by atoms with Crippen molar-refractivity contribution in [3.63, 3.8) is 0 Å². The molecule has 1 fully saturated rings. The Morgan fingerprint density at radius 1 is 1.40 bits per heavy atom. The zero-order valence-electron chi connectivity index (χ0n) is 14.4. The van der Waals surface area contributed by atoms with Crippen molar-refractivity contribution in [2.45, 2.75) is 38.6 Å². The van der Waals surface area contributed by atoms with Crippen LogP contribution in [0.5, 0.6) is 0 Å². The summed E-state index contributed by atoms with van der Waals surface area (Å²) in [6.07, 6.45) is 4.00. The lowest BCUT2D eigenvalue weighted by Gasteiger charge is -2.22. The van der Waals surface area contributed by atoms with Gasteiger partial charge in [-0.05, 0) is 43.4 Å². The largest absolute Gasteiger partial charge is 0.378 e. The van der Waals surface area contributed by atoms with Crippen molar-refractivity contribution in [3.8, 4) is 11.3 Å². The predicted molar refractivity (Wildman–Crippen MR) is 100 cm³/mol. The monoisotopic (exact) mass is 357 g/mol. The molecule has 132 valence electrons. The fourth-order valence-corrected chi connectivity index (χ4v) is 4.43. The quantitative estimate of drug-likeness (QED) is 0.883. The third kappa shape index (κ3) is 3.76. The molecule has 1 aliphatic heterocycles. The van der Waals surface area contributed by atoms with E-state index in [-0.39, 0.29) is 11.9 Å². The SMILES string of the molecule is Cc1sc(NC(=O)CC2COCCN2)nc1-c1ccc2c(c1)CCC2. The van der Waals surface area contributed by atoms with Crippen molar-refractivity contribution in [2.24, 2.45) is 0 Å². The normalized spacial score (nSPS) is 19.6. The van der Waals surface area contributed by atoms with Gasteiger partial charge in [0.1, 0.15) is 0 Å². The third-order valence-corrected chi connectivity index (χ3v) is 5.73. The van der Waals surface area contributed by atoms with E-state index in [1.54, 1.807) is 0 Å². The van der Waals surface area contributed by atoms with Crippen molar-refractivity contribution < 1.29 is 9.53 Å². The second-order valence-corrected chi connectivity index (χ2v) is 7.94. The molecule has 1 aliphatic carbocycles. The Kier molecular flexibility index (Phi) is 4.83. The molecular weight excluding hydrogens is 334 g/mol. The summed E-state index contributed by atoms with van der Waals surface area (Å²) < 4.78 is 5.40. The van der Waals surface area contributed by atoms with Gasteiger partial charge in [-0.25, -0.2) is 4.98 Å². The number of morpholine rings is 1. The summed E-state index contributed by atoms with van der Waals surface area (Å²) in [6.45, 7) is 4.17. The maximum absolute atomic E-state index is 12.3. The van der Waals surface area contributed by atoms with Gasteiger partial charge in [-0.2, -0.15) is 0 Å². The minimum Gasteiger partial charge on any atom is -0.378 e. The van der Waals surface area contributed by atoms with Gasteiger partial charge in [0.2, 0.25) is 5.91 Å². The van der Waals surface area contributed by atoms with E-state index in [1.807, 2.05) is 0 Å². The molecule has 0 radical (unpaired) electrons. The molecule has 0 saturated carbocycles. The number of nitrogens with one attached hydrogen (secondary N) is 2. The van der Waals surface area contributed by atoms with E-state index in [2.05, 4.69) is 40.7 Å². The summed E-state index contributed by atoms with van der Waals surface area (Å²) in [7, 11) is 0. The molecule has 5 nitrogen and oxygen atoms in total. The summed E-state index contributed by atoms with van der Waals surface area (Å²) in [5, 5.41) is 6.92. The highest BCUT2D eigenvalue weighted by atomic mass is 32.1. The van der Waals surface area contributed by atoms with Crippen LogP contribution in [-0.2, 0) is 22.4 Å². The molecule has 0 spiro atoms. The van der Waals surface area contributed by atoms with Crippen molar-refractivity contribution >= 4 is 22.4 Å². The molecule has 1 aromatic heterocycles. The Balaban J connectivity index is 1.45. The van der Waals surface area contributed by atoms with Gasteiger partial charge in [0.15, 0.2) is 5.13 Å². The molecule has 2 aromatic rings. The topological polar surface area (TPSA) is 63.2 Å². The first-order valence-electron chi connectivity index (χ1n) is 8.89. The molecule has 4 rings (SSSR count). The molecule has 1 unspecified atom stereocenters. The van der Waals surface area contributed by atoms with Crippen LogP contribution in [-0.4, -0.2) is 36.7 Å². The van der Waals surface area contributed by atoms with Crippen LogP contribution >= 0.6 is 11.3 Å². The number of ether oxygens (including phenoxy) is 1. The highest BCUT2D eigenvalue weighted by molar-refractivity contribution is 7.16. The van der Waals surface area contributed by atoms with Gasteiger partial charge in [0.05, 0.1) is 18.9 Å². The number of hydrogen-bond donors (Lipinski definition) is 2. The number of rotatable bonds is 4. The van der Waals surface area contributed by atoms with E-state index >= 15 is 0 Å². The van der Waals surface area contributed by atoms with Crippen molar-refractivity contribution in [3.05, 3.63) is 34.2 Å². The first-order valence-corrected chi connectivity index (χ1v) is 9.71. The fourth-order valence-electron chi connectivity index (χ4n) is 3.58. The number of nitrogens with zero attached hydrogens (tertiary/aromatic N) is 1. The predicted octanol–water partition coefficient (Wildman–Crippen LogP) is 2.92. The molecule has 2 N–H and O–H groups in total. The van der Waals surface area contributed by atoms with Gasteiger partial charge in [0, 0.05) is 29.4 Å². The number of thiazole rings is 1. The van der Waals surface area contributed by atoms with Gasteiger partial charge in [-0.3, -0.25) is 4.79 Å². The number of amides is 1. The van der Waals surface area contributed by atoms with E-state index in [4.69, 9.17) is 4.74 Å². The fraction of sp³-hybridized carbons (Fsp3) is 0.474. The molecule has 6 heteroatoms. The van der Waals surface area contributed by atoms with E-state index in [0.717, 1.165) is 29.1 Å². The lowest BCUT2D eigenvalue weighted by atomic mass is 10.0. The van der Waals surface area contributed by atoms with E-state index in [9.17, 15) is 4.79 Å². The molecule has 1 aromatic carbocycles. The third-order valence-electron chi connectivity index (χ3n) is 4.85. The summed E-state index contributed by atoms with van der Waals surface area (Å²) >= 11 is 1.54. The average molecular weight is 357 g/mol. The van der Waals surface area contributed by atoms with Gasteiger partial charge in [0.25, 0.3) is 0 Å². The van der Waals surface area contributed by atoms with E-state index < -0.39 is 0 Å². The Labute approximate surface area is 151 Å². The van der Waals surface area contributed by atoms with Crippen LogP contribution in [0.25, 0.3) is 11.3 Å². The zero-order valence-corrected chi connectivity index (χ0v) is 15.2. The number of carbonyl (C=O) groups excluding carboxylic acids is 1. The van der Waals surface area contributed by atoms with Crippen molar-refractivity contribution in [1.82, 2.24) is 10.3 Å². The Bertz CT molecular complexity index is 781. The second-order valence-electron chi connectivity index (χ2n) is 6.74. The minimum absolute atomic E-state index is 0.0164. The number of aromatic nitrogens is 1. The zero-order chi connectivity index (χ0) is 17.2. The Morgan fingerprint density at radius 2 is 2.28 bits per heavy atom. The first-order chi connectivity index (χ1) is 12.2. The summed E-state index contributed by atoms with van der Waals surface area (Å²) in [5.41, 5.74) is 5.04. The van der Waals surface area contributed by atoms with E-state index in [1.165, 1.54) is 35.3 Å². The van der Waals surface area contributed by atoms with Crippen LogP contribution < -0.4 is 10.6 Å². The highest BCUT2D eigenvalue weighted by Crippen LogP contribution is 2.33. The van der Waals surface area contributed by atoms with Crippen LogP contribution in [0.15, 0.2) is 18.2 Å². The molecule has 1 amide bonds. The first kappa shape index (κ1) is 16.7. The maximum Gasteiger partial charge on any atom is 0.227 e. The summed E-state index contributed by atoms with van der Waals surface area (Å²) in [5.74, 6) is -0.0164. The number of hydrogen-bond acceptors (Lipinski definition) is 5. The average Bonchev–Trinajstić information content (AvgIpc) is 3.21. The number of anilines is 1. The summed E-state index contributed by atoms with van der Waals surface area (Å²) in [6, 6.07) is 6.73. The number of benzene rings is 1. The van der Waals surface area contributed by atoms with Gasteiger partial charge < -0.3 is 15.4 Å². The molecule has 0 bridgehead atoms. The highest BCUT2D eigenvalue weighted by Gasteiger charge is 2.19. The summed E-state index contributed by atoms with van der Waals surface area (Å²) in [4.78, 5) is 18.1. The van der Waals surface area contributed by atoms with Gasteiger partial charge in [-0.1, -0.05) is 12.1 Å². The molecule has 1 saturated heterocycles. The van der Waals surface area contributed by atoms with E-state index in [0.29, 0.717) is 24.8 Å². The lowest BCUT2D eigenvalue weighted by molar-refractivity contribution is -0.117. The molecule has 1 atom stereocenters. The van der Waals surface area contributed by atoms with Crippen molar-refractivity contribution in [2.75, 3.05) is 25.1 Å². The Morgan fingerprint density at radius 3 is 3.12 bits per heavy atom. The van der Waals surface area contributed by atoms with Crippen LogP contribution in [0.1, 0.15) is 28.8 Å². The standard InChI is InChI=1S/C19H23N3O2S/c1-12-18(15-6-5-13-3-2-4-14(13)9-15)22-19(25-12)21-17(23)10-16-11-24-8-7-20-16/h5-6,9,16,20H,2-4,7-8,10-11H2,1H3,(H,21,22,23). The van der Waals surface area contributed by atoms with Crippen molar-refractivity contribution in [1.29, 1.82) is 0 Å². The van der Waals surface area contributed by atoms with Crippen LogP contribution in [0.4, 0.5) is 5.13 Å². The Hall–Kier alpha value is -1.76. The van der Waals surface area contributed by atoms with Gasteiger partial charge in [-0.15, -0.1) is 11.3 Å². The molecule has 25 heavy (non-hydrogen) atoms. The lowest BCUT2D eigenvalue weighted by Crippen LogP contribution is -2.43. The second kappa shape index (κ2) is 7.23. The van der Waals surface area contributed by atoms with Gasteiger partial charge >= 0.3 is 0 Å².